The van der Waals surface area contributed by atoms with Gasteiger partial charge in [-0.15, -0.1) is 10.2 Å². The van der Waals surface area contributed by atoms with Crippen molar-refractivity contribution in [2.75, 3.05) is 31.9 Å². The van der Waals surface area contributed by atoms with Crippen LogP contribution in [0.25, 0.3) is 0 Å². The summed E-state index contributed by atoms with van der Waals surface area (Å²) < 4.78 is 0.831. The Morgan fingerprint density at radius 2 is 2.17 bits per heavy atom. The molecule has 0 saturated carbocycles. The van der Waals surface area contributed by atoms with Crippen LogP contribution in [0.1, 0.15) is 37.6 Å². The summed E-state index contributed by atoms with van der Waals surface area (Å²) in [6, 6.07) is 0. The molecule has 1 aromatic heterocycles. The van der Waals surface area contributed by atoms with Crippen molar-refractivity contribution in [1.82, 2.24) is 20.0 Å². The van der Waals surface area contributed by atoms with Crippen molar-refractivity contribution in [2.45, 2.75) is 43.9 Å². The van der Waals surface area contributed by atoms with Crippen LogP contribution in [-0.2, 0) is 9.59 Å². The van der Waals surface area contributed by atoms with E-state index in [4.69, 9.17) is 0 Å². The molecule has 0 aromatic carbocycles. The number of aryl methyl sites for hydroxylation is 1. The Bertz CT molecular complexity index is 619. The topological polar surface area (TPSA) is 66.4 Å². The first-order chi connectivity index (χ1) is 11.5. The molecule has 1 unspecified atom stereocenters. The number of thioether (sulfide) groups is 1. The molecular formula is C16H24N4O2S2. The molecule has 0 bridgehead atoms. The van der Waals surface area contributed by atoms with Gasteiger partial charge in [0.15, 0.2) is 4.34 Å². The van der Waals surface area contributed by atoms with Gasteiger partial charge in [0.2, 0.25) is 11.8 Å². The lowest BCUT2D eigenvalue weighted by Gasteiger charge is -2.39. The lowest BCUT2D eigenvalue weighted by molar-refractivity contribution is -0.146. The number of amides is 2. The first-order valence-corrected chi connectivity index (χ1v) is 10.3. The molecule has 8 heteroatoms. The fourth-order valence-electron chi connectivity index (χ4n) is 3.65. The van der Waals surface area contributed by atoms with Gasteiger partial charge in [-0.25, -0.2) is 0 Å². The van der Waals surface area contributed by atoms with Crippen molar-refractivity contribution in [3.05, 3.63) is 5.01 Å². The minimum absolute atomic E-state index is 0.102. The first-order valence-electron chi connectivity index (χ1n) is 8.54. The first kappa shape index (κ1) is 17.7. The standard InChI is InChI=1S/C16H24N4O2S2/c1-3-7-19-8-4-5-16(14(19)22)6-9-20(11-16)13(21)10-23-15-18-17-12(2)24-15/h3-11H2,1-2H3. The summed E-state index contributed by atoms with van der Waals surface area (Å²) in [5.41, 5.74) is -0.326. The normalized spacial score (nSPS) is 24.2. The van der Waals surface area contributed by atoms with Gasteiger partial charge in [0, 0.05) is 26.2 Å². The van der Waals surface area contributed by atoms with Crippen molar-refractivity contribution >= 4 is 34.9 Å². The summed E-state index contributed by atoms with van der Waals surface area (Å²) in [5.74, 6) is 0.737. The second-order valence-corrected chi connectivity index (χ2v) is 9.02. The second-order valence-electron chi connectivity index (χ2n) is 6.62. The minimum Gasteiger partial charge on any atom is -0.342 e. The van der Waals surface area contributed by atoms with Gasteiger partial charge in [-0.2, -0.15) is 0 Å². The van der Waals surface area contributed by atoms with Gasteiger partial charge in [0.1, 0.15) is 5.01 Å². The predicted molar refractivity (Wildman–Crippen MR) is 95.1 cm³/mol. The molecule has 3 heterocycles. The maximum atomic E-state index is 12.9. The quantitative estimate of drug-likeness (QED) is 0.746. The summed E-state index contributed by atoms with van der Waals surface area (Å²) in [5, 5.41) is 8.92. The molecule has 3 rings (SSSR count). The van der Waals surface area contributed by atoms with Gasteiger partial charge in [-0.3, -0.25) is 9.59 Å². The molecule has 2 fully saturated rings. The van der Waals surface area contributed by atoms with Crippen molar-refractivity contribution in [3.8, 4) is 0 Å². The van der Waals surface area contributed by atoms with Crippen LogP contribution in [0.3, 0.4) is 0 Å². The largest absolute Gasteiger partial charge is 0.342 e. The molecule has 24 heavy (non-hydrogen) atoms. The second kappa shape index (κ2) is 7.39. The number of hydrogen-bond acceptors (Lipinski definition) is 6. The summed E-state index contributed by atoms with van der Waals surface area (Å²) in [7, 11) is 0. The SMILES string of the molecule is CCCN1CCCC2(CCN(C(=O)CSc3nnc(C)s3)C2)C1=O. The van der Waals surface area contributed by atoms with E-state index in [9.17, 15) is 9.59 Å². The maximum Gasteiger partial charge on any atom is 0.233 e. The van der Waals surface area contributed by atoms with Crippen LogP contribution in [0.15, 0.2) is 4.34 Å². The Morgan fingerprint density at radius 3 is 2.88 bits per heavy atom. The molecule has 2 amide bonds. The Labute approximate surface area is 151 Å². The Morgan fingerprint density at radius 1 is 1.33 bits per heavy atom. The van der Waals surface area contributed by atoms with E-state index in [1.807, 2.05) is 16.7 Å². The van der Waals surface area contributed by atoms with Gasteiger partial charge >= 0.3 is 0 Å². The molecule has 0 N–H and O–H groups in total. The van der Waals surface area contributed by atoms with E-state index < -0.39 is 0 Å². The van der Waals surface area contributed by atoms with Gasteiger partial charge in [0.05, 0.1) is 11.2 Å². The average Bonchev–Trinajstić information content (AvgIpc) is 3.17. The van der Waals surface area contributed by atoms with Gasteiger partial charge < -0.3 is 9.80 Å². The Kier molecular flexibility index (Phi) is 5.44. The van der Waals surface area contributed by atoms with Crippen molar-refractivity contribution < 1.29 is 9.59 Å². The molecular weight excluding hydrogens is 344 g/mol. The Balaban J connectivity index is 1.57. The molecule has 0 aliphatic carbocycles. The number of likely N-dealkylation sites (tertiary alicyclic amines) is 2. The van der Waals surface area contributed by atoms with E-state index >= 15 is 0 Å². The van der Waals surface area contributed by atoms with Crippen LogP contribution >= 0.6 is 23.1 Å². The highest BCUT2D eigenvalue weighted by molar-refractivity contribution is 8.01. The van der Waals surface area contributed by atoms with E-state index in [-0.39, 0.29) is 17.2 Å². The number of piperidine rings is 1. The van der Waals surface area contributed by atoms with E-state index in [1.165, 1.54) is 23.1 Å². The zero-order valence-corrected chi connectivity index (χ0v) is 15.9. The third kappa shape index (κ3) is 3.59. The molecule has 2 saturated heterocycles. The highest BCUT2D eigenvalue weighted by atomic mass is 32.2. The van der Waals surface area contributed by atoms with Crippen LogP contribution < -0.4 is 0 Å². The highest BCUT2D eigenvalue weighted by Crippen LogP contribution is 2.40. The van der Waals surface area contributed by atoms with Crippen molar-refractivity contribution in [2.24, 2.45) is 5.41 Å². The molecule has 0 radical (unpaired) electrons. The van der Waals surface area contributed by atoms with Gasteiger partial charge in [-0.1, -0.05) is 30.0 Å². The van der Waals surface area contributed by atoms with Crippen LogP contribution in [0.4, 0.5) is 0 Å². The lowest BCUT2D eigenvalue weighted by atomic mass is 9.78. The van der Waals surface area contributed by atoms with E-state index in [0.717, 1.165) is 48.1 Å². The van der Waals surface area contributed by atoms with Crippen LogP contribution in [0.2, 0.25) is 0 Å². The number of hydrogen-bond donors (Lipinski definition) is 0. The number of nitrogens with zero attached hydrogens (tertiary/aromatic N) is 4. The molecule has 1 aromatic rings. The molecule has 2 aliphatic heterocycles. The van der Waals surface area contributed by atoms with Crippen LogP contribution in [0.5, 0.6) is 0 Å². The van der Waals surface area contributed by atoms with E-state index in [2.05, 4.69) is 17.1 Å². The highest BCUT2D eigenvalue weighted by Gasteiger charge is 2.49. The molecule has 132 valence electrons. The van der Waals surface area contributed by atoms with Crippen LogP contribution in [0, 0.1) is 12.3 Å². The number of rotatable bonds is 5. The van der Waals surface area contributed by atoms with Gasteiger partial charge in [0.25, 0.3) is 0 Å². The fraction of sp³-hybridized carbons (Fsp3) is 0.750. The van der Waals surface area contributed by atoms with Gasteiger partial charge in [-0.05, 0) is 32.6 Å². The number of carbonyl (C=O) groups is 2. The van der Waals surface area contributed by atoms with Crippen molar-refractivity contribution in [1.29, 1.82) is 0 Å². The zero-order valence-electron chi connectivity index (χ0n) is 14.3. The monoisotopic (exact) mass is 368 g/mol. The predicted octanol–water partition coefficient (Wildman–Crippen LogP) is 2.19. The smallest absolute Gasteiger partial charge is 0.233 e. The lowest BCUT2D eigenvalue weighted by Crippen LogP contribution is -2.50. The number of carbonyl (C=O) groups excluding carboxylic acids is 2. The third-order valence-corrected chi connectivity index (χ3v) is 6.81. The molecule has 2 aliphatic rings. The number of aromatic nitrogens is 2. The summed E-state index contributed by atoms with van der Waals surface area (Å²) in [6.45, 7) is 6.99. The maximum absolute atomic E-state index is 12.9. The fourth-order valence-corrected chi connectivity index (χ4v) is 5.37. The zero-order chi connectivity index (χ0) is 17.2. The third-order valence-electron chi connectivity index (χ3n) is 4.85. The summed E-state index contributed by atoms with van der Waals surface area (Å²) in [4.78, 5) is 29.2. The van der Waals surface area contributed by atoms with E-state index in [0.29, 0.717) is 18.8 Å². The average molecular weight is 369 g/mol. The molecule has 1 spiro atoms. The van der Waals surface area contributed by atoms with Crippen LogP contribution in [-0.4, -0.2) is 63.7 Å². The Hall–Kier alpha value is -1.15. The van der Waals surface area contributed by atoms with Crippen molar-refractivity contribution in [3.63, 3.8) is 0 Å². The summed E-state index contributed by atoms with van der Waals surface area (Å²) >= 11 is 2.95. The minimum atomic E-state index is -0.326. The molecule has 6 nitrogen and oxygen atoms in total. The van der Waals surface area contributed by atoms with E-state index in [1.54, 1.807) is 0 Å². The molecule has 1 atom stereocenters. The summed E-state index contributed by atoms with van der Waals surface area (Å²) in [6.07, 6.45) is 3.76.